The molecule has 0 spiro atoms. The Kier molecular flexibility index (Phi) is 6.83. The summed E-state index contributed by atoms with van der Waals surface area (Å²) < 4.78 is 6.58. The van der Waals surface area contributed by atoms with Gasteiger partial charge in [0.25, 0.3) is 0 Å². The van der Waals surface area contributed by atoms with Gasteiger partial charge < -0.3 is 10.1 Å². The van der Waals surface area contributed by atoms with Crippen molar-refractivity contribution in [3.8, 4) is 0 Å². The van der Waals surface area contributed by atoms with Crippen LogP contribution in [0, 0.1) is 5.92 Å². The van der Waals surface area contributed by atoms with Crippen LogP contribution in [-0.2, 0) is 4.74 Å². The first kappa shape index (κ1) is 16.3. The fourth-order valence-electron chi connectivity index (χ4n) is 3.78. The Morgan fingerprint density at radius 1 is 0.950 bits per heavy atom. The molecule has 0 aromatic rings. The lowest BCUT2D eigenvalue weighted by Gasteiger charge is -2.36. The Morgan fingerprint density at radius 2 is 1.55 bits per heavy atom. The van der Waals surface area contributed by atoms with Gasteiger partial charge in [0, 0.05) is 12.6 Å². The standard InChI is InChI=1S/C18H35NO/c1-16(2)19-15-18(12-8-3-4-9-13-18)20-14-17-10-6-5-7-11-17/h16-17,19H,3-15H2,1-2H3. The first-order chi connectivity index (χ1) is 9.70. The number of rotatable bonds is 6. The molecule has 0 saturated heterocycles. The van der Waals surface area contributed by atoms with Crippen molar-refractivity contribution in [2.75, 3.05) is 13.2 Å². The van der Waals surface area contributed by atoms with Gasteiger partial charge in [0.05, 0.1) is 12.2 Å². The van der Waals surface area contributed by atoms with E-state index in [1.54, 1.807) is 0 Å². The molecular weight excluding hydrogens is 246 g/mol. The van der Waals surface area contributed by atoms with E-state index in [1.807, 2.05) is 0 Å². The highest BCUT2D eigenvalue weighted by Crippen LogP contribution is 2.32. The molecule has 0 aromatic heterocycles. The molecule has 2 saturated carbocycles. The van der Waals surface area contributed by atoms with E-state index in [1.165, 1.54) is 70.6 Å². The van der Waals surface area contributed by atoms with Gasteiger partial charge in [-0.2, -0.15) is 0 Å². The maximum atomic E-state index is 6.58. The summed E-state index contributed by atoms with van der Waals surface area (Å²) in [5, 5.41) is 3.65. The van der Waals surface area contributed by atoms with Gasteiger partial charge in [-0.1, -0.05) is 58.8 Å². The lowest BCUT2D eigenvalue weighted by Crippen LogP contribution is -2.45. The Balaban J connectivity index is 1.86. The first-order valence-electron chi connectivity index (χ1n) is 9.08. The van der Waals surface area contributed by atoms with Crippen molar-refractivity contribution in [1.29, 1.82) is 0 Å². The Hall–Kier alpha value is -0.0800. The normalized spacial score (nSPS) is 24.8. The summed E-state index contributed by atoms with van der Waals surface area (Å²) in [7, 11) is 0. The molecule has 2 rings (SSSR count). The van der Waals surface area contributed by atoms with Crippen LogP contribution in [0.2, 0.25) is 0 Å². The summed E-state index contributed by atoms with van der Waals surface area (Å²) in [5.74, 6) is 0.836. The van der Waals surface area contributed by atoms with E-state index >= 15 is 0 Å². The third kappa shape index (κ3) is 5.37. The third-order valence-corrected chi connectivity index (χ3v) is 5.20. The zero-order valence-corrected chi connectivity index (χ0v) is 13.8. The van der Waals surface area contributed by atoms with Gasteiger partial charge in [0.1, 0.15) is 0 Å². The van der Waals surface area contributed by atoms with Gasteiger partial charge in [-0.3, -0.25) is 0 Å². The quantitative estimate of drug-likeness (QED) is 0.714. The first-order valence-corrected chi connectivity index (χ1v) is 9.08. The van der Waals surface area contributed by atoms with Crippen LogP contribution in [0.15, 0.2) is 0 Å². The highest BCUT2D eigenvalue weighted by Gasteiger charge is 2.32. The topological polar surface area (TPSA) is 21.3 Å². The molecule has 0 heterocycles. The van der Waals surface area contributed by atoms with E-state index in [9.17, 15) is 0 Å². The van der Waals surface area contributed by atoms with Crippen LogP contribution in [0.1, 0.15) is 84.5 Å². The molecular formula is C18H35NO. The second-order valence-electron chi connectivity index (χ2n) is 7.45. The minimum Gasteiger partial charge on any atom is -0.373 e. The van der Waals surface area contributed by atoms with E-state index in [0.717, 1.165) is 19.1 Å². The molecule has 0 amide bonds. The van der Waals surface area contributed by atoms with Crippen molar-refractivity contribution in [2.24, 2.45) is 5.92 Å². The summed E-state index contributed by atoms with van der Waals surface area (Å²) in [5.41, 5.74) is 0.137. The Bertz CT molecular complexity index is 250. The molecule has 0 aliphatic heterocycles. The molecule has 0 unspecified atom stereocenters. The molecule has 2 aliphatic carbocycles. The largest absolute Gasteiger partial charge is 0.373 e. The van der Waals surface area contributed by atoms with E-state index in [-0.39, 0.29) is 5.60 Å². The van der Waals surface area contributed by atoms with Crippen LogP contribution in [0.4, 0.5) is 0 Å². The highest BCUT2D eigenvalue weighted by molar-refractivity contribution is 4.86. The fourth-order valence-corrected chi connectivity index (χ4v) is 3.78. The molecule has 2 heteroatoms. The van der Waals surface area contributed by atoms with E-state index in [4.69, 9.17) is 4.74 Å². The Labute approximate surface area is 126 Å². The van der Waals surface area contributed by atoms with Crippen molar-refractivity contribution in [3.05, 3.63) is 0 Å². The van der Waals surface area contributed by atoms with Gasteiger partial charge in [-0.05, 0) is 31.6 Å². The average Bonchev–Trinajstić information content (AvgIpc) is 2.71. The SMILES string of the molecule is CC(C)NCC1(OCC2CCCCC2)CCCCCC1. The number of nitrogens with one attached hydrogen (secondary N) is 1. The van der Waals surface area contributed by atoms with Crippen molar-refractivity contribution in [1.82, 2.24) is 5.32 Å². The number of hydrogen-bond acceptors (Lipinski definition) is 2. The number of ether oxygens (including phenoxy) is 1. The summed E-state index contributed by atoms with van der Waals surface area (Å²) >= 11 is 0. The smallest absolute Gasteiger partial charge is 0.0806 e. The number of hydrogen-bond donors (Lipinski definition) is 1. The lowest BCUT2D eigenvalue weighted by atomic mass is 9.89. The van der Waals surface area contributed by atoms with Crippen molar-refractivity contribution in [2.45, 2.75) is 96.1 Å². The van der Waals surface area contributed by atoms with Crippen LogP contribution in [0.25, 0.3) is 0 Å². The van der Waals surface area contributed by atoms with Gasteiger partial charge in [0.2, 0.25) is 0 Å². The van der Waals surface area contributed by atoms with E-state index in [0.29, 0.717) is 6.04 Å². The minimum atomic E-state index is 0.137. The van der Waals surface area contributed by atoms with E-state index < -0.39 is 0 Å². The molecule has 0 aromatic carbocycles. The minimum absolute atomic E-state index is 0.137. The zero-order chi connectivity index (χ0) is 14.3. The van der Waals surface area contributed by atoms with Crippen LogP contribution in [0.3, 0.4) is 0 Å². The zero-order valence-electron chi connectivity index (χ0n) is 13.8. The second-order valence-corrected chi connectivity index (χ2v) is 7.45. The maximum absolute atomic E-state index is 6.58. The highest BCUT2D eigenvalue weighted by atomic mass is 16.5. The van der Waals surface area contributed by atoms with Crippen molar-refractivity contribution >= 4 is 0 Å². The van der Waals surface area contributed by atoms with Gasteiger partial charge in [0.15, 0.2) is 0 Å². The van der Waals surface area contributed by atoms with Crippen LogP contribution in [0.5, 0.6) is 0 Å². The van der Waals surface area contributed by atoms with Crippen LogP contribution < -0.4 is 5.32 Å². The summed E-state index contributed by atoms with van der Waals surface area (Å²) in [6.45, 7) is 6.55. The molecule has 20 heavy (non-hydrogen) atoms. The summed E-state index contributed by atoms with van der Waals surface area (Å²) in [6.07, 6.45) is 15.1. The maximum Gasteiger partial charge on any atom is 0.0806 e. The summed E-state index contributed by atoms with van der Waals surface area (Å²) in [6, 6.07) is 0.563. The molecule has 0 radical (unpaired) electrons. The van der Waals surface area contributed by atoms with Crippen molar-refractivity contribution < 1.29 is 4.74 Å². The third-order valence-electron chi connectivity index (χ3n) is 5.20. The predicted molar refractivity (Wildman–Crippen MR) is 86.1 cm³/mol. The predicted octanol–water partition coefficient (Wildman–Crippen LogP) is 4.67. The Morgan fingerprint density at radius 3 is 2.15 bits per heavy atom. The molecule has 118 valence electrons. The molecule has 0 atom stereocenters. The fraction of sp³-hybridized carbons (Fsp3) is 1.00. The van der Waals surface area contributed by atoms with Gasteiger partial charge >= 0.3 is 0 Å². The molecule has 1 N–H and O–H groups in total. The monoisotopic (exact) mass is 281 g/mol. The van der Waals surface area contributed by atoms with Gasteiger partial charge in [-0.15, -0.1) is 0 Å². The molecule has 2 fully saturated rings. The summed E-state index contributed by atoms with van der Waals surface area (Å²) in [4.78, 5) is 0. The van der Waals surface area contributed by atoms with E-state index in [2.05, 4.69) is 19.2 Å². The van der Waals surface area contributed by atoms with Crippen molar-refractivity contribution in [3.63, 3.8) is 0 Å². The molecule has 0 bridgehead atoms. The average molecular weight is 281 g/mol. The molecule has 2 nitrogen and oxygen atoms in total. The van der Waals surface area contributed by atoms with Crippen LogP contribution in [-0.4, -0.2) is 24.8 Å². The lowest BCUT2D eigenvalue weighted by molar-refractivity contribution is -0.0739. The molecule has 2 aliphatic rings. The van der Waals surface area contributed by atoms with Gasteiger partial charge in [-0.25, -0.2) is 0 Å². The second kappa shape index (κ2) is 8.38. The van der Waals surface area contributed by atoms with Crippen LogP contribution >= 0.6 is 0 Å².